The zero-order valence-electron chi connectivity index (χ0n) is 13.4. The number of guanidine groups is 1. The maximum absolute atomic E-state index is 4.61. The SMILES string of the molecule is CCNC(=NCc1nnc2n1CCC2)NCCn1cccc1.I. The van der Waals surface area contributed by atoms with Crippen molar-refractivity contribution < 1.29 is 0 Å². The average molecular weight is 429 g/mol. The van der Waals surface area contributed by atoms with Gasteiger partial charge in [-0.3, -0.25) is 0 Å². The Morgan fingerprint density at radius 1 is 1.26 bits per heavy atom. The van der Waals surface area contributed by atoms with E-state index in [0.717, 1.165) is 56.6 Å². The van der Waals surface area contributed by atoms with Crippen LogP contribution in [0.2, 0.25) is 0 Å². The van der Waals surface area contributed by atoms with Crippen molar-refractivity contribution >= 4 is 29.9 Å². The smallest absolute Gasteiger partial charge is 0.191 e. The molecule has 2 aromatic heterocycles. The summed E-state index contributed by atoms with van der Waals surface area (Å²) in [5.74, 6) is 2.87. The van der Waals surface area contributed by atoms with Gasteiger partial charge in [0, 0.05) is 45.0 Å². The van der Waals surface area contributed by atoms with Crippen molar-refractivity contribution in [2.45, 2.75) is 39.4 Å². The van der Waals surface area contributed by atoms with Crippen LogP contribution in [-0.4, -0.2) is 38.4 Å². The Labute approximate surface area is 153 Å². The topological polar surface area (TPSA) is 72.1 Å². The van der Waals surface area contributed by atoms with Gasteiger partial charge in [-0.2, -0.15) is 0 Å². The Morgan fingerprint density at radius 3 is 2.87 bits per heavy atom. The largest absolute Gasteiger partial charge is 0.357 e. The summed E-state index contributed by atoms with van der Waals surface area (Å²) in [6.45, 7) is 6.23. The number of aryl methyl sites for hydroxylation is 1. The van der Waals surface area contributed by atoms with E-state index < -0.39 is 0 Å². The molecule has 0 atom stereocenters. The van der Waals surface area contributed by atoms with Crippen LogP contribution in [0.25, 0.3) is 0 Å². The Morgan fingerprint density at radius 2 is 2.09 bits per heavy atom. The van der Waals surface area contributed by atoms with Gasteiger partial charge in [0.25, 0.3) is 0 Å². The summed E-state index contributed by atoms with van der Waals surface area (Å²) in [6, 6.07) is 4.07. The summed E-state index contributed by atoms with van der Waals surface area (Å²) in [5, 5.41) is 15.1. The highest BCUT2D eigenvalue weighted by Crippen LogP contribution is 2.14. The molecule has 0 unspecified atom stereocenters. The van der Waals surface area contributed by atoms with Crippen molar-refractivity contribution in [2.24, 2.45) is 4.99 Å². The molecule has 0 aliphatic carbocycles. The Balaban J connectivity index is 0.00000192. The van der Waals surface area contributed by atoms with Gasteiger partial charge in [-0.25, -0.2) is 4.99 Å². The molecule has 0 spiro atoms. The van der Waals surface area contributed by atoms with Gasteiger partial charge in [0.05, 0.1) is 0 Å². The predicted molar refractivity (Wildman–Crippen MR) is 101 cm³/mol. The van der Waals surface area contributed by atoms with Crippen LogP contribution in [-0.2, 0) is 26.1 Å². The van der Waals surface area contributed by atoms with E-state index in [0.29, 0.717) is 6.54 Å². The molecule has 0 aromatic carbocycles. The number of nitrogens with one attached hydrogen (secondary N) is 2. The molecule has 7 nitrogen and oxygen atoms in total. The summed E-state index contributed by atoms with van der Waals surface area (Å²) in [6.07, 6.45) is 6.32. The lowest BCUT2D eigenvalue weighted by molar-refractivity contribution is 0.659. The number of aromatic nitrogens is 4. The fourth-order valence-corrected chi connectivity index (χ4v) is 2.64. The number of aliphatic imine (C=N–C) groups is 1. The predicted octanol–water partition coefficient (Wildman–Crippen LogP) is 1.40. The third-order valence-corrected chi connectivity index (χ3v) is 3.74. The highest BCUT2D eigenvalue weighted by atomic mass is 127. The minimum Gasteiger partial charge on any atom is -0.357 e. The van der Waals surface area contributed by atoms with Crippen molar-refractivity contribution in [1.29, 1.82) is 0 Å². The number of hydrogen-bond acceptors (Lipinski definition) is 3. The fraction of sp³-hybridized carbons (Fsp3) is 0.533. The first-order valence-electron chi connectivity index (χ1n) is 7.90. The van der Waals surface area contributed by atoms with Gasteiger partial charge in [0.2, 0.25) is 0 Å². The normalized spacial score (nSPS) is 13.5. The second-order valence-corrected chi connectivity index (χ2v) is 5.33. The number of nitrogens with zero attached hydrogens (tertiary/aromatic N) is 5. The molecular formula is C15H24IN7. The van der Waals surface area contributed by atoms with Gasteiger partial charge >= 0.3 is 0 Å². The van der Waals surface area contributed by atoms with Gasteiger partial charge in [-0.1, -0.05) is 0 Å². The second-order valence-electron chi connectivity index (χ2n) is 5.33. The van der Waals surface area contributed by atoms with Gasteiger partial charge in [-0.15, -0.1) is 34.2 Å². The molecule has 0 bridgehead atoms. The molecule has 2 aromatic rings. The van der Waals surface area contributed by atoms with Gasteiger partial charge in [-0.05, 0) is 25.5 Å². The number of fused-ring (bicyclic) bond motifs is 1. The Hall–Kier alpha value is -1.58. The van der Waals surface area contributed by atoms with E-state index in [1.807, 2.05) is 12.1 Å². The van der Waals surface area contributed by atoms with Crippen molar-refractivity contribution in [3.8, 4) is 0 Å². The first-order chi connectivity index (χ1) is 10.9. The quantitative estimate of drug-likeness (QED) is 0.414. The molecule has 0 saturated heterocycles. The van der Waals surface area contributed by atoms with Crippen molar-refractivity contribution in [3.05, 3.63) is 36.2 Å². The molecule has 23 heavy (non-hydrogen) atoms. The van der Waals surface area contributed by atoms with Crippen molar-refractivity contribution in [3.63, 3.8) is 0 Å². The molecule has 0 radical (unpaired) electrons. The third-order valence-electron chi connectivity index (χ3n) is 3.74. The molecule has 3 rings (SSSR count). The molecule has 1 aliphatic heterocycles. The molecule has 2 N–H and O–H groups in total. The van der Waals surface area contributed by atoms with E-state index in [9.17, 15) is 0 Å². The van der Waals surface area contributed by atoms with Crippen LogP contribution in [0.4, 0.5) is 0 Å². The van der Waals surface area contributed by atoms with E-state index in [1.54, 1.807) is 0 Å². The molecular weight excluding hydrogens is 405 g/mol. The highest BCUT2D eigenvalue weighted by Gasteiger charge is 2.16. The summed E-state index contributed by atoms with van der Waals surface area (Å²) >= 11 is 0. The van der Waals surface area contributed by atoms with Gasteiger partial charge in [0.1, 0.15) is 12.4 Å². The van der Waals surface area contributed by atoms with Crippen LogP contribution < -0.4 is 10.6 Å². The van der Waals surface area contributed by atoms with Gasteiger partial charge < -0.3 is 19.8 Å². The molecule has 0 fully saturated rings. The van der Waals surface area contributed by atoms with Crippen LogP contribution in [0.3, 0.4) is 0 Å². The van der Waals surface area contributed by atoms with Crippen LogP contribution in [0.5, 0.6) is 0 Å². The zero-order valence-corrected chi connectivity index (χ0v) is 15.7. The molecule has 8 heteroatoms. The lowest BCUT2D eigenvalue weighted by atomic mass is 10.4. The fourth-order valence-electron chi connectivity index (χ4n) is 2.64. The van der Waals surface area contributed by atoms with E-state index in [4.69, 9.17) is 0 Å². The van der Waals surface area contributed by atoms with Crippen LogP contribution >= 0.6 is 24.0 Å². The van der Waals surface area contributed by atoms with E-state index in [1.165, 1.54) is 0 Å². The zero-order chi connectivity index (χ0) is 15.2. The van der Waals surface area contributed by atoms with E-state index >= 15 is 0 Å². The van der Waals surface area contributed by atoms with E-state index in [-0.39, 0.29) is 24.0 Å². The molecule has 1 aliphatic rings. The number of rotatable bonds is 6. The Bertz CT molecular complexity index is 618. The number of halogens is 1. The van der Waals surface area contributed by atoms with Crippen LogP contribution in [0.15, 0.2) is 29.5 Å². The maximum atomic E-state index is 4.61. The average Bonchev–Trinajstić information content (AvgIpc) is 3.23. The third kappa shape index (κ3) is 4.69. The maximum Gasteiger partial charge on any atom is 0.191 e. The minimum atomic E-state index is 0. The summed E-state index contributed by atoms with van der Waals surface area (Å²) in [7, 11) is 0. The van der Waals surface area contributed by atoms with Gasteiger partial charge in [0.15, 0.2) is 11.8 Å². The van der Waals surface area contributed by atoms with Crippen molar-refractivity contribution in [1.82, 2.24) is 30.0 Å². The summed E-state index contributed by atoms with van der Waals surface area (Å²) < 4.78 is 4.33. The van der Waals surface area contributed by atoms with Crippen molar-refractivity contribution in [2.75, 3.05) is 13.1 Å². The van der Waals surface area contributed by atoms with E-state index in [2.05, 4.69) is 54.3 Å². The highest BCUT2D eigenvalue weighted by molar-refractivity contribution is 14.0. The van der Waals surface area contributed by atoms with Crippen LogP contribution in [0.1, 0.15) is 25.0 Å². The monoisotopic (exact) mass is 429 g/mol. The second kappa shape index (κ2) is 8.90. The lowest BCUT2D eigenvalue weighted by Gasteiger charge is -2.11. The minimum absolute atomic E-state index is 0. The molecule has 3 heterocycles. The van der Waals surface area contributed by atoms with Crippen LogP contribution in [0, 0.1) is 0 Å². The summed E-state index contributed by atoms with van der Waals surface area (Å²) in [4.78, 5) is 4.61. The molecule has 0 amide bonds. The first kappa shape index (κ1) is 17.8. The number of hydrogen-bond donors (Lipinski definition) is 2. The lowest BCUT2D eigenvalue weighted by Crippen LogP contribution is -2.38. The molecule has 0 saturated carbocycles. The summed E-state index contributed by atoms with van der Waals surface area (Å²) in [5.41, 5.74) is 0. The standard InChI is InChI=1S/C15H23N7.HI/c1-2-16-15(17-7-11-21-8-3-4-9-21)18-12-14-20-19-13-6-5-10-22(13)14;/h3-4,8-9H,2,5-7,10-12H2,1H3,(H2,16,17,18);1H. The first-order valence-corrected chi connectivity index (χ1v) is 7.90. The Kier molecular flexibility index (Phi) is 6.87. The molecule has 126 valence electrons.